The molecule has 1 atom stereocenters. The first-order valence-corrected chi connectivity index (χ1v) is 7.29. The first-order valence-electron chi connectivity index (χ1n) is 7.29. The maximum atomic E-state index is 8.89. The lowest BCUT2D eigenvalue weighted by atomic mass is 10.0. The monoisotopic (exact) mass is 263 g/mol. The van der Waals surface area contributed by atoms with Crippen molar-refractivity contribution in [3.05, 3.63) is 24.5 Å². The molecule has 106 valence electrons. The van der Waals surface area contributed by atoms with Crippen LogP contribution in [0.15, 0.2) is 24.5 Å². The molecule has 1 fully saturated rings. The second-order valence-electron chi connectivity index (χ2n) is 5.49. The van der Waals surface area contributed by atoms with Gasteiger partial charge in [0.25, 0.3) is 0 Å². The molecule has 19 heavy (non-hydrogen) atoms. The first kappa shape index (κ1) is 14.3. The number of hydrogen-bond donors (Lipinski definition) is 2. The van der Waals surface area contributed by atoms with Crippen molar-refractivity contribution in [3.8, 4) is 0 Å². The van der Waals surface area contributed by atoms with E-state index in [1.54, 1.807) is 0 Å². The summed E-state index contributed by atoms with van der Waals surface area (Å²) < 4.78 is 0. The number of nitrogens with one attached hydrogen (secondary N) is 1. The van der Waals surface area contributed by atoms with Gasteiger partial charge in [0.05, 0.1) is 0 Å². The van der Waals surface area contributed by atoms with E-state index in [1.165, 1.54) is 18.5 Å². The Balaban J connectivity index is 1.71. The van der Waals surface area contributed by atoms with Crippen LogP contribution in [-0.4, -0.2) is 42.4 Å². The van der Waals surface area contributed by atoms with E-state index in [0.29, 0.717) is 18.6 Å². The molecular weight excluding hydrogens is 238 g/mol. The molecule has 0 radical (unpaired) electrons. The summed E-state index contributed by atoms with van der Waals surface area (Å²) in [5.41, 5.74) is 1.28. The molecule has 1 aromatic heterocycles. The summed E-state index contributed by atoms with van der Waals surface area (Å²) in [6, 6.07) is 4.79. The Morgan fingerprint density at radius 2 is 2.05 bits per heavy atom. The maximum absolute atomic E-state index is 8.89. The van der Waals surface area contributed by atoms with Gasteiger partial charge in [-0.05, 0) is 43.9 Å². The summed E-state index contributed by atoms with van der Waals surface area (Å²) in [5.74, 6) is 0.559. The van der Waals surface area contributed by atoms with E-state index in [9.17, 15) is 0 Å². The molecule has 0 spiro atoms. The molecule has 2 N–H and O–H groups in total. The summed E-state index contributed by atoms with van der Waals surface area (Å²) in [5, 5.41) is 12.5. The maximum Gasteiger partial charge on any atom is 0.0434 e. The number of aliphatic hydroxyl groups excluding tert-OH is 1. The van der Waals surface area contributed by atoms with Crippen LogP contribution in [-0.2, 0) is 0 Å². The van der Waals surface area contributed by atoms with Gasteiger partial charge in [0.15, 0.2) is 0 Å². The molecule has 0 aliphatic carbocycles. The van der Waals surface area contributed by atoms with Gasteiger partial charge in [-0.2, -0.15) is 0 Å². The molecule has 1 saturated heterocycles. The second-order valence-corrected chi connectivity index (χ2v) is 5.49. The normalized spacial score (nSPS) is 18.5. The van der Waals surface area contributed by atoms with Crippen molar-refractivity contribution in [1.29, 1.82) is 0 Å². The Bertz CT molecular complexity index is 350. The molecule has 4 heteroatoms. The molecule has 4 nitrogen and oxygen atoms in total. The Morgan fingerprint density at radius 3 is 2.68 bits per heavy atom. The van der Waals surface area contributed by atoms with Crippen molar-refractivity contribution in [2.24, 2.45) is 5.92 Å². The van der Waals surface area contributed by atoms with Gasteiger partial charge >= 0.3 is 0 Å². The van der Waals surface area contributed by atoms with Crippen LogP contribution in [0.2, 0.25) is 0 Å². The summed E-state index contributed by atoms with van der Waals surface area (Å²) >= 11 is 0. The molecule has 1 aliphatic heterocycles. The zero-order valence-corrected chi connectivity index (χ0v) is 11.8. The minimum atomic E-state index is 0.295. The average Bonchev–Trinajstić information content (AvgIpc) is 2.47. The number of piperidine rings is 1. The van der Waals surface area contributed by atoms with Crippen LogP contribution in [0.4, 0.5) is 5.69 Å². The van der Waals surface area contributed by atoms with Crippen LogP contribution >= 0.6 is 0 Å². The van der Waals surface area contributed by atoms with Gasteiger partial charge < -0.3 is 15.3 Å². The molecular formula is C15H25N3O. The Hall–Kier alpha value is -1.13. The molecule has 0 amide bonds. The van der Waals surface area contributed by atoms with E-state index < -0.39 is 0 Å². The number of rotatable bonds is 6. The van der Waals surface area contributed by atoms with Crippen molar-refractivity contribution in [1.82, 2.24) is 10.3 Å². The highest BCUT2D eigenvalue weighted by atomic mass is 16.3. The first-order chi connectivity index (χ1) is 9.29. The van der Waals surface area contributed by atoms with E-state index in [-0.39, 0.29) is 0 Å². The number of hydrogen-bond acceptors (Lipinski definition) is 4. The van der Waals surface area contributed by atoms with E-state index in [0.717, 1.165) is 26.1 Å². The van der Waals surface area contributed by atoms with Crippen molar-refractivity contribution in [2.45, 2.75) is 32.2 Å². The highest BCUT2D eigenvalue weighted by Gasteiger charge is 2.19. The number of nitrogens with zero attached hydrogens (tertiary/aromatic N) is 2. The third-order valence-electron chi connectivity index (χ3n) is 3.90. The van der Waals surface area contributed by atoms with E-state index in [1.807, 2.05) is 12.4 Å². The summed E-state index contributed by atoms with van der Waals surface area (Å²) in [7, 11) is 0. The van der Waals surface area contributed by atoms with Crippen LogP contribution in [0, 0.1) is 5.92 Å². The van der Waals surface area contributed by atoms with Crippen LogP contribution in [0.3, 0.4) is 0 Å². The van der Waals surface area contributed by atoms with Crippen molar-refractivity contribution >= 4 is 5.69 Å². The quantitative estimate of drug-likeness (QED) is 0.819. The van der Waals surface area contributed by atoms with Gasteiger partial charge in [0, 0.05) is 43.8 Å². The Morgan fingerprint density at radius 1 is 1.37 bits per heavy atom. The van der Waals surface area contributed by atoms with Crippen molar-refractivity contribution in [3.63, 3.8) is 0 Å². The zero-order chi connectivity index (χ0) is 13.5. The number of anilines is 1. The minimum Gasteiger partial charge on any atom is -0.396 e. The standard InChI is InChI=1S/C15H25N3O/c1-13(6-11-19)12-17-14-4-9-18(10-5-14)15-2-7-16-8-3-15/h2-3,7-8,13-14,17,19H,4-6,9-12H2,1H3. The van der Waals surface area contributed by atoms with Gasteiger partial charge in [-0.15, -0.1) is 0 Å². The van der Waals surface area contributed by atoms with Gasteiger partial charge in [0.2, 0.25) is 0 Å². The molecule has 1 aliphatic rings. The number of aliphatic hydroxyl groups is 1. The second kappa shape index (κ2) is 7.46. The highest BCUT2D eigenvalue weighted by molar-refractivity contribution is 5.44. The third-order valence-corrected chi connectivity index (χ3v) is 3.90. The Labute approximate surface area is 115 Å². The SMILES string of the molecule is CC(CCO)CNC1CCN(c2ccncc2)CC1. The average molecular weight is 263 g/mol. The predicted octanol–water partition coefficient (Wildman–Crippen LogP) is 1.66. The number of pyridine rings is 1. The Kier molecular flexibility index (Phi) is 5.61. The summed E-state index contributed by atoms with van der Waals surface area (Å²) in [4.78, 5) is 6.49. The fourth-order valence-electron chi connectivity index (χ4n) is 2.59. The van der Waals surface area contributed by atoms with Gasteiger partial charge in [-0.1, -0.05) is 6.92 Å². The molecule has 0 aromatic carbocycles. The molecule has 1 unspecified atom stereocenters. The van der Waals surface area contributed by atoms with Crippen LogP contribution in [0.25, 0.3) is 0 Å². The lowest BCUT2D eigenvalue weighted by Crippen LogP contribution is -2.43. The molecule has 0 saturated carbocycles. The smallest absolute Gasteiger partial charge is 0.0434 e. The molecule has 2 heterocycles. The van der Waals surface area contributed by atoms with Crippen LogP contribution in [0.1, 0.15) is 26.2 Å². The summed E-state index contributed by atoms with van der Waals surface area (Å²) in [6.07, 6.45) is 6.98. The zero-order valence-electron chi connectivity index (χ0n) is 11.8. The fourth-order valence-corrected chi connectivity index (χ4v) is 2.59. The molecule has 1 aromatic rings. The van der Waals surface area contributed by atoms with Crippen LogP contribution < -0.4 is 10.2 Å². The summed E-state index contributed by atoms with van der Waals surface area (Å²) in [6.45, 7) is 5.71. The van der Waals surface area contributed by atoms with Crippen molar-refractivity contribution in [2.75, 3.05) is 31.1 Å². The lowest BCUT2D eigenvalue weighted by molar-refractivity contribution is 0.255. The molecule has 0 bridgehead atoms. The van der Waals surface area contributed by atoms with Crippen molar-refractivity contribution < 1.29 is 5.11 Å². The third kappa shape index (κ3) is 4.48. The largest absolute Gasteiger partial charge is 0.396 e. The van der Waals surface area contributed by atoms with E-state index >= 15 is 0 Å². The van der Waals surface area contributed by atoms with E-state index in [2.05, 4.69) is 34.3 Å². The molecule has 2 rings (SSSR count). The van der Waals surface area contributed by atoms with Crippen LogP contribution in [0.5, 0.6) is 0 Å². The minimum absolute atomic E-state index is 0.295. The predicted molar refractivity (Wildman–Crippen MR) is 78.3 cm³/mol. The topological polar surface area (TPSA) is 48.4 Å². The fraction of sp³-hybridized carbons (Fsp3) is 0.667. The van der Waals surface area contributed by atoms with E-state index in [4.69, 9.17) is 5.11 Å². The van der Waals surface area contributed by atoms with Gasteiger partial charge in [-0.25, -0.2) is 0 Å². The van der Waals surface area contributed by atoms with Gasteiger partial charge in [-0.3, -0.25) is 4.98 Å². The number of aromatic nitrogens is 1. The lowest BCUT2D eigenvalue weighted by Gasteiger charge is -2.34. The highest BCUT2D eigenvalue weighted by Crippen LogP contribution is 2.19. The van der Waals surface area contributed by atoms with Gasteiger partial charge in [0.1, 0.15) is 0 Å².